The maximum absolute atomic E-state index is 12.1. The highest BCUT2D eigenvalue weighted by Gasteiger charge is 2.15. The van der Waals surface area contributed by atoms with Crippen LogP contribution in [0.25, 0.3) is 0 Å². The van der Waals surface area contributed by atoms with Gasteiger partial charge in [-0.2, -0.15) is 4.98 Å². The van der Waals surface area contributed by atoms with E-state index < -0.39 is 10.0 Å². The van der Waals surface area contributed by atoms with Crippen LogP contribution in [0.5, 0.6) is 5.88 Å². The van der Waals surface area contributed by atoms with E-state index in [0.29, 0.717) is 11.7 Å². The fraction of sp³-hybridized carbons (Fsp3) is 0.474. The molecule has 1 aliphatic heterocycles. The van der Waals surface area contributed by atoms with Crippen molar-refractivity contribution in [1.29, 1.82) is 0 Å². The van der Waals surface area contributed by atoms with Gasteiger partial charge in [-0.15, -0.1) is 0 Å². The molecule has 146 valence electrons. The van der Waals surface area contributed by atoms with Crippen LogP contribution >= 0.6 is 0 Å². The zero-order valence-electron chi connectivity index (χ0n) is 15.6. The summed E-state index contributed by atoms with van der Waals surface area (Å²) in [4.78, 5) is 11.0. The summed E-state index contributed by atoms with van der Waals surface area (Å²) in [5.74, 6) is 1.96. The Morgan fingerprint density at radius 3 is 2.59 bits per heavy atom. The number of nitrogens with one attached hydrogen (secondary N) is 1. The predicted octanol–water partition coefficient (Wildman–Crippen LogP) is 2.27. The van der Waals surface area contributed by atoms with Gasteiger partial charge >= 0.3 is 0 Å². The Morgan fingerprint density at radius 2 is 1.85 bits per heavy atom. The summed E-state index contributed by atoms with van der Waals surface area (Å²) >= 11 is 0. The Balaban J connectivity index is 1.50. The molecule has 0 atom stereocenters. The number of nitrogens with zero attached hydrogens (tertiary/aromatic N) is 3. The first kappa shape index (κ1) is 19.6. The molecule has 0 amide bonds. The average Bonchev–Trinajstić information content (AvgIpc) is 2.66. The van der Waals surface area contributed by atoms with Crippen molar-refractivity contribution in [3.63, 3.8) is 0 Å². The van der Waals surface area contributed by atoms with Crippen molar-refractivity contribution >= 4 is 15.8 Å². The van der Waals surface area contributed by atoms with E-state index >= 15 is 0 Å². The van der Waals surface area contributed by atoms with Crippen LogP contribution in [0.2, 0.25) is 0 Å². The van der Waals surface area contributed by atoms with Gasteiger partial charge in [0.05, 0.1) is 5.75 Å². The van der Waals surface area contributed by atoms with Gasteiger partial charge in [-0.3, -0.25) is 0 Å². The third-order valence-electron chi connectivity index (χ3n) is 4.35. The number of rotatable bonds is 8. The normalized spacial score (nSPS) is 14.9. The van der Waals surface area contributed by atoms with Crippen molar-refractivity contribution in [2.45, 2.75) is 31.9 Å². The lowest BCUT2D eigenvalue weighted by molar-refractivity contribution is 0.309. The second-order valence-corrected chi connectivity index (χ2v) is 8.45. The highest BCUT2D eigenvalue weighted by atomic mass is 32.2. The van der Waals surface area contributed by atoms with E-state index in [9.17, 15) is 8.42 Å². The predicted molar refractivity (Wildman–Crippen MR) is 105 cm³/mol. The minimum Gasteiger partial charge on any atom is -0.476 e. The van der Waals surface area contributed by atoms with Gasteiger partial charge in [-0.1, -0.05) is 30.3 Å². The van der Waals surface area contributed by atoms with E-state index in [-0.39, 0.29) is 18.9 Å². The maximum Gasteiger partial charge on any atom is 0.218 e. The first-order chi connectivity index (χ1) is 13.0. The Labute approximate surface area is 160 Å². The lowest BCUT2D eigenvalue weighted by Gasteiger charge is -2.28. The summed E-state index contributed by atoms with van der Waals surface area (Å²) in [6, 6.07) is 10.9. The number of sulfonamides is 1. The molecule has 2 heterocycles. The van der Waals surface area contributed by atoms with Crippen LogP contribution in [0, 0.1) is 6.92 Å². The SMILES string of the molecule is Cc1nc(OCCNS(=O)(=O)Cc2ccccc2)cc(N2CCCCC2)n1. The van der Waals surface area contributed by atoms with Crippen molar-refractivity contribution in [3.8, 4) is 5.88 Å². The highest BCUT2D eigenvalue weighted by molar-refractivity contribution is 7.88. The van der Waals surface area contributed by atoms with Gasteiger partial charge in [0.1, 0.15) is 18.2 Å². The number of aryl methyl sites for hydroxylation is 1. The molecule has 0 saturated carbocycles. The molecule has 8 heteroatoms. The van der Waals surface area contributed by atoms with Crippen LogP contribution < -0.4 is 14.4 Å². The van der Waals surface area contributed by atoms with Gasteiger partial charge in [0.2, 0.25) is 15.9 Å². The van der Waals surface area contributed by atoms with Gasteiger partial charge in [-0.25, -0.2) is 18.1 Å². The van der Waals surface area contributed by atoms with Crippen LogP contribution in [-0.2, 0) is 15.8 Å². The summed E-state index contributed by atoms with van der Waals surface area (Å²) in [5.41, 5.74) is 0.753. The van der Waals surface area contributed by atoms with E-state index in [1.165, 1.54) is 19.3 Å². The third kappa shape index (κ3) is 6.18. The number of hydrogen-bond acceptors (Lipinski definition) is 6. The molecule has 1 aliphatic rings. The second kappa shape index (κ2) is 9.14. The molecule has 0 spiro atoms. The van der Waals surface area contributed by atoms with Gasteiger partial charge in [-0.05, 0) is 31.7 Å². The van der Waals surface area contributed by atoms with Gasteiger partial charge in [0.15, 0.2) is 0 Å². The molecule has 0 radical (unpaired) electrons. The smallest absolute Gasteiger partial charge is 0.218 e. The number of benzene rings is 1. The molecule has 1 saturated heterocycles. The van der Waals surface area contributed by atoms with Crippen molar-refractivity contribution in [3.05, 3.63) is 47.8 Å². The van der Waals surface area contributed by atoms with E-state index in [1.807, 2.05) is 31.2 Å². The van der Waals surface area contributed by atoms with Crippen LogP contribution in [0.4, 0.5) is 5.82 Å². The molecular formula is C19H26N4O3S. The fourth-order valence-electron chi connectivity index (χ4n) is 3.08. The summed E-state index contributed by atoms with van der Waals surface area (Å²) in [7, 11) is -3.39. The van der Waals surface area contributed by atoms with E-state index in [2.05, 4.69) is 19.6 Å². The van der Waals surface area contributed by atoms with Crippen LogP contribution in [0.1, 0.15) is 30.7 Å². The molecule has 1 aromatic carbocycles. The molecule has 1 fully saturated rings. The average molecular weight is 391 g/mol. The van der Waals surface area contributed by atoms with Crippen LogP contribution in [-0.4, -0.2) is 44.6 Å². The monoisotopic (exact) mass is 390 g/mol. The zero-order valence-corrected chi connectivity index (χ0v) is 16.4. The second-order valence-electron chi connectivity index (χ2n) is 6.65. The first-order valence-corrected chi connectivity index (χ1v) is 10.9. The van der Waals surface area contributed by atoms with Crippen molar-refractivity contribution < 1.29 is 13.2 Å². The largest absolute Gasteiger partial charge is 0.476 e. The first-order valence-electron chi connectivity index (χ1n) is 9.26. The maximum atomic E-state index is 12.1. The number of aromatic nitrogens is 2. The molecule has 7 nitrogen and oxygen atoms in total. The van der Waals surface area contributed by atoms with E-state index in [0.717, 1.165) is 24.5 Å². The Morgan fingerprint density at radius 1 is 1.11 bits per heavy atom. The Kier molecular flexibility index (Phi) is 6.63. The van der Waals surface area contributed by atoms with Crippen LogP contribution in [0.3, 0.4) is 0 Å². The van der Waals surface area contributed by atoms with Crippen LogP contribution in [0.15, 0.2) is 36.4 Å². The van der Waals surface area contributed by atoms with Crippen molar-refractivity contribution in [1.82, 2.24) is 14.7 Å². The molecule has 0 unspecified atom stereocenters. The molecule has 1 aromatic heterocycles. The molecule has 3 rings (SSSR count). The minimum absolute atomic E-state index is 0.0421. The van der Waals surface area contributed by atoms with Crippen molar-refractivity contribution in [2.24, 2.45) is 0 Å². The topological polar surface area (TPSA) is 84.4 Å². The fourth-order valence-corrected chi connectivity index (χ4v) is 4.21. The summed E-state index contributed by atoms with van der Waals surface area (Å²) in [5, 5.41) is 0. The lowest BCUT2D eigenvalue weighted by Crippen LogP contribution is -2.31. The Hall–Kier alpha value is -2.19. The van der Waals surface area contributed by atoms with Gasteiger partial charge < -0.3 is 9.64 Å². The van der Waals surface area contributed by atoms with Crippen molar-refractivity contribution in [2.75, 3.05) is 31.1 Å². The summed E-state index contributed by atoms with van der Waals surface area (Å²) in [6.07, 6.45) is 3.60. The Bertz CT molecular complexity index is 837. The highest BCUT2D eigenvalue weighted by Crippen LogP contribution is 2.21. The molecule has 27 heavy (non-hydrogen) atoms. The van der Waals surface area contributed by atoms with Gasteiger partial charge in [0, 0.05) is 25.7 Å². The molecule has 0 aliphatic carbocycles. The standard InChI is InChI=1S/C19H26N4O3S/c1-16-21-18(23-11-6-3-7-12-23)14-19(22-16)26-13-10-20-27(24,25)15-17-8-4-2-5-9-17/h2,4-5,8-9,14,20H,3,6-7,10-13,15H2,1H3. The zero-order chi connectivity index (χ0) is 19.1. The quantitative estimate of drug-likeness (QED) is 0.696. The van der Waals surface area contributed by atoms with E-state index in [4.69, 9.17) is 4.74 Å². The number of piperidine rings is 1. The lowest BCUT2D eigenvalue weighted by atomic mass is 10.1. The number of hydrogen-bond donors (Lipinski definition) is 1. The minimum atomic E-state index is -3.39. The molecule has 1 N–H and O–H groups in total. The molecule has 0 bridgehead atoms. The summed E-state index contributed by atoms with van der Waals surface area (Å²) < 4.78 is 32.5. The molecular weight excluding hydrogens is 364 g/mol. The molecule has 2 aromatic rings. The van der Waals surface area contributed by atoms with E-state index in [1.54, 1.807) is 12.1 Å². The number of ether oxygens (including phenoxy) is 1. The summed E-state index contributed by atoms with van der Waals surface area (Å²) in [6.45, 7) is 4.23. The third-order valence-corrected chi connectivity index (χ3v) is 5.71. The van der Waals surface area contributed by atoms with Gasteiger partial charge in [0.25, 0.3) is 0 Å². The number of anilines is 1.